The molecule has 2 N–H and O–H groups in total. The van der Waals surface area contributed by atoms with Crippen LogP contribution in [0.15, 0.2) is 60.8 Å². The van der Waals surface area contributed by atoms with Crippen LogP contribution in [0.1, 0.15) is 21.5 Å². The molecule has 0 saturated heterocycles. The van der Waals surface area contributed by atoms with Crippen molar-refractivity contribution in [3.05, 3.63) is 77.5 Å². The summed E-state index contributed by atoms with van der Waals surface area (Å²) in [6.45, 7) is 0.569. The molecule has 0 radical (unpaired) electrons. The van der Waals surface area contributed by atoms with Crippen LogP contribution in [-0.4, -0.2) is 30.7 Å². The van der Waals surface area contributed by atoms with Crippen LogP contribution in [0, 0.1) is 0 Å². The van der Waals surface area contributed by atoms with Gasteiger partial charge in [-0.1, -0.05) is 48.6 Å². The normalized spacial score (nSPS) is 10.9. The van der Waals surface area contributed by atoms with E-state index in [1.807, 2.05) is 60.7 Å². The molecule has 1 heterocycles. The molecule has 0 spiro atoms. The molecule has 138 valence electrons. The Bertz CT molecular complexity index is 961. The standard InChI is InChI=1S/C21H20N2O4/c1-26-20(24)18-13-23-19-10-9-15(12-17(18)19)8-5-11-22-21(25)27-14-16-6-3-2-4-7-16/h2-10,12-13,23H,11,14H2,1H3,(H,22,25). The molecule has 0 atom stereocenters. The molecule has 27 heavy (non-hydrogen) atoms. The van der Waals surface area contributed by atoms with Gasteiger partial charge in [-0.25, -0.2) is 9.59 Å². The van der Waals surface area contributed by atoms with Gasteiger partial charge >= 0.3 is 12.1 Å². The molecule has 6 heteroatoms. The molecule has 0 aliphatic heterocycles. The first-order chi connectivity index (χ1) is 13.2. The summed E-state index contributed by atoms with van der Waals surface area (Å²) in [7, 11) is 1.35. The molecule has 3 aromatic rings. The van der Waals surface area contributed by atoms with E-state index < -0.39 is 6.09 Å². The maximum atomic E-state index is 11.8. The van der Waals surface area contributed by atoms with Gasteiger partial charge in [-0.05, 0) is 23.3 Å². The van der Waals surface area contributed by atoms with E-state index >= 15 is 0 Å². The van der Waals surface area contributed by atoms with Crippen LogP contribution in [-0.2, 0) is 16.1 Å². The number of hydrogen-bond acceptors (Lipinski definition) is 4. The molecule has 0 unspecified atom stereocenters. The second-order valence-electron chi connectivity index (χ2n) is 5.84. The van der Waals surface area contributed by atoms with E-state index in [1.54, 1.807) is 6.20 Å². The quantitative estimate of drug-likeness (QED) is 0.650. The number of rotatable bonds is 6. The summed E-state index contributed by atoms with van der Waals surface area (Å²) in [6, 6.07) is 15.2. The van der Waals surface area contributed by atoms with Gasteiger partial charge in [0.1, 0.15) is 6.61 Å². The number of nitrogens with one attached hydrogen (secondary N) is 2. The third kappa shape index (κ3) is 4.76. The van der Waals surface area contributed by atoms with Crippen LogP contribution in [0.4, 0.5) is 4.79 Å². The van der Waals surface area contributed by atoms with Gasteiger partial charge in [0.05, 0.1) is 12.7 Å². The SMILES string of the molecule is COC(=O)c1c[nH]c2ccc(C=CCNC(=O)OCc3ccccc3)cc12. The van der Waals surface area contributed by atoms with Gasteiger partial charge in [-0.2, -0.15) is 0 Å². The maximum Gasteiger partial charge on any atom is 0.407 e. The molecule has 0 aliphatic rings. The fourth-order valence-corrected chi connectivity index (χ4v) is 2.63. The predicted octanol–water partition coefficient (Wildman–Crippen LogP) is 3.89. The van der Waals surface area contributed by atoms with Gasteiger partial charge in [0.25, 0.3) is 0 Å². The summed E-state index contributed by atoms with van der Waals surface area (Å²) in [6.07, 6.45) is 4.84. The highest BCUT2D eigenvalue weighted by Crippen LogP contribution is 2.21. The smallest absolute Gasteiger partial charge is 0.407 e. The number of aromatic amines is 1. The summed E-state index contributed by atoms with van der Waals surface area (Å²) in [4.78, 5) is 26.5. The van der Waals surface area contributed by atoms with Crippen molar-refractivity contribution in [2.24, 2.45) is 0 Å². The Morgan fingerprint density at radius 1 is 1.15 bits per heavy atom. The molecule has 6 nitrogen and oxygen atoms in total. The van der Waals surface area contributed by atoms with Gasteiger partial charge in [0, 0.05) is 23.6 Å². The molecule has 0 bridgehead atoms. The summed E-state index contributed by atoms with van der Waals surface area (Å²) in [5.74, 6) is -0.384. The second kappa shape index (κ2) is 8.71. The number of alkyl carbamates (subject to hydrolysis) is 1. The summed E-state index contributed by atoms with van der Waals surface area (Å²) in [5.41, 5.74) is 3.19. The average Bonchev–Trinajstić information content (AvgIpc) is 3.13. The number of carbonyl (C=O) groups excluding carboxylic acids is 2. The third-order valence-corrected chi connectivity index (χ3v) is 4.00. The number of methoxy groups -OCH3 is 1. The van der Waals surface area contributed by atoms with E-state index in [9.17, 15) is 9.59 Å². The molecule has 0 saturated carbocycles. The van der Waals surface area contributed by atoms with E-state index in [1.165, 1.54) is 7.11 Å². The number of ether oxygens (including phenoxy) is 2. The lowest BCUT2D eigenvalue weighted by molar-refractivity contribution is 0.0603. The number of esters is 1. The second-order valence-corrected chi connectivity index (χ2v) is 5.84. The minimum absolute atomic E-state index is 0.233. The van der Waals surface area contributed by atoms with Crippen LogP contribution in [0.3, 0.4) is 0 Å². The lowest BCUT2D eigenvalue weighted by Gasteiger charge is -2.05. The van der Waals surface area contributed by atoms with Crippen LogP contribution >= 0.6 is 0 Å². The zero-order chi connectivity index (χ0) is 19.1. The molecule has 2 aromatic carbocycles. The molecule has 3 rings (SSSR count). The Morgan fingerprint density at radius 2 is 1.96 bits per heavy atom. The Hall–Kier alpha value is -3.54. The van der Waals surface area contributed by atoms with Crippen molar-refractivity contribution in [3.8, 4) is 0 Å². The Morgan fingerprint density at radius 3 is 2.74 bits per heavy atom. The molecule has 0 fully saturated rings. The summed E-state index contributed by atoms with van der Waals surface area (Å²) < 4.78 is 9.93. The number of carbonyl (C=O) groups is 2. The largest absolute Gasteiger partial charge is 0.465 e. The molecule has 1 aromatic heterocycles. The molecule has 0 aliphatic carbocycles. The highest BCUT2D eigenvalue weighted by molar-refractivity contribution is 6.04. The van der Waals surface area contributed by atoms with Crippen LogP contribution in [0.25, 0.3) is 17.0 Å². The fraction of sp³-hybridized carbons (Fsp3) is 0.143. The lowest BCUT2D eigenvalue weighted by atomic mass is 10.1. The van der Waals surface area contributed by atoms with Gasteiger partial charge < -0.3 is 19.8 Å². The Kier molecular flexibility index (Phi) is 5.89. The van der Waals surface area contributed by atoms with Crippen molar-refractivity contribution in [1.82, 2.24) is 10.3 Å². The first kappa shape index (κ1) is 18.3. The van der Waals surface area contributed by atoms with Gasteiger partial charge in [-0.15, -0.1) is 0 Å². The van der Waals surface area contributed by atoms with Gasteiger partial charge in [-0.3, -0.25) is 0 Å². The first-order valence-electron chi connectivity index (χ1n) is 8.48. The van der Waals surface area contributed by atoms with E-state index in [4.69, 9.17) is 9.47 Å². The minimum atomic E-state index is -0.474. The minimum Gasteiger partial charge on any atom is -0.465 e. The number of H-pyrrole nitrogens is 1. The lowest BCUT2D eigenvalue weighted by Crippen LogP contribution is -2.24. The molecular weight excluding hydrogens is 344 g/mol. The molecule has 1 amide bonds. The van der Waals surface area contributed by atoms with E-state index in [-0.39, 0.29) is 12.6 Å². The van der Waals surface area contributed by atoms with Crippen molar-refractivity contribution >= 4 is 29.0 Å². The number of benzene rings is 2. The fourth-order valence-electron chi connectivity index (χ4n) is 2.63. The summed E-state index contributed by atoms with van der Waals surface area (Å²) >= 11 is 0. The highest BCUT2D eigenvalue weighted by atomic mass is 16.5. The van der Waals surface area contributed by atoms with Gasteiger partial charge in [0.15, 0.2) is 0 Å². The zero-order valence-electron chi connectivity index (χ0n) is 14.9. The van der Waals surface area contributed by atoms with Crippen molar-refractivity contribution in [1.29, 1.82) is 0 Å². The van der Waals surface area contributed by atoms with Crippen LogP contribution < -0.4 is 5.32 Å². The Balaban J connectivity index is 1.53. The number of aromatic nitrogens is 1. The zero-order valence-corrected chi connectivity index (χ0v) is 14.9. The van der Waals surface area contributed by atoms with Gasteiger partial charge in [0.2, 0.25) is 0 Å². The van der Waals surface area contributed by atoms with Crippen molar-refractivity contribution in [2.45, 2.75) is 6.61 Å². The van der Waals surface area contributed by atoms with Crippen LogP contribution in [0.5, 0.6) is 0 Å². The monoisotopic (exact) mass is 364 g/mol. The topological polar surface area (TPSA) is 80.4 Å². The van der Waals surface area contributed by atoms with E-state index in [0.717, 1.165) is 22.0 Å². The number of amides is 1. The van der Waals surface area contributed by atoms with Crippen molar-refractivity contribution in [2.75, 3.05) is 13.7 Å². The molecular formula is C21H20N2O4. The average molecular weight is 364 g/mol. The highest BCUT2D eigenvalue weighted by Gasteiger charge is 2.11. The number of fused-ring (bicyclic) bond motifs is 1. The van der Waals surface area contributed by atoms with Crippen LogP contribution in [0.2, 0.25) is 0 Å². The summed E-state index contributed by atoms with van der Waals surface area (Å²) in [5, 5.41) is 3.46. The van der Waals surface area contributed by atoms with E-state index in [0.29, 0.717) is 12.1 Å². The first-order valence-corrected chi connectivity index (χ1v) is 8.48. The van der Waals surface area contributed by atoms with Crippen molar-refractivity contribution in [3.63, 3.8) is 0 Å². The van der Waals surface area contributed by atoms with Crippen molar-refractivity contribution < 1.29 is 19.1 Å². The van der Waals surface area contributed by atoms with E-state index in [2.05, 4.69) is 10.3 Å². The Labute approximate surface area is 156 Å². The maximum absolute atomic E-state index is 11.8. The third-order valence-electron chi connectivity index (χ3n) is 4.00. The number of hydrogen-bond donors (Lipinski definition) is 2. The predicted molar refractivity (Wildman–Crippen MR) is 103 cm³/mol.